The van der Waals surface area contributed by atoms with E-state index >= 15 is 0 Å². The zero-order chi connectivity index (χ0) is 19.7. The smallest absolute Gasteiger partial charge is 0.321 e. The molecule has 0 atom stereocenters. The fraction of sp³-hybridized carbons (Fsp3) is 0.333. The van der Waals surface area contributed by atoms with E-state index in [-0.39, 0.29) is 6.03 Å². The second kappa shape index (κ2) is 7.42. The SMILES string of the molecule is Cc1cc(C)nc(N2CCN(C(=O)Nc3ccc(C)c4ncccc34)CC2)n1. The van der Waals surface area contributed by atoms with Crippen molar-refractivity contribution in [3.05, 3.63) is 53.5 Å². The molecule has 3 heterocycles. The van der Waals surface area contributed by atoms with Crippen LogP contribution in [0.4, 0.5) is 16.4 Å². The van der Waals surface area contributed by atoms with Crippen LogP contribution in [0.5, 0.6) is 0 Å². The average molecular weight is 376 g/mol. The van der Waals surface area contributed by atoms with Crippen molar-refractivity contribution in [2.24, 2.45) is 0 Å². The molecule has 1 fully saturated rings. The molecule has 1 saturated heterocycles. The third kappa shape index (κ3) is 3.60. The Balaban J connectivity index is 1.44. The second-order valence-corrected chi connectivity index (χ2v) is 7.18. The summed E-state index contributed by atoms with van der Waals surface area (Å²) in [7, 11) is 0. The number of urea groups is 1. The van der Waals surface area contributed by atoms with E-state index in [1.54, 1.807) is 6.20 Å². The highest BCUT2D eigenvalue weighted by Crippen LogP contribution is 2.25. The summed E-state index contributed by atoms with van der Waals surface area (Å²) in [5, 5.41) is 4.01. The van der Waals surface area contributed by atoms with Gasteiger partial charge in [-0.3, -0.25) is 4.98 Å². The van der Waals surface area contributed by atoms with Gasteiger partial charge in [-0.05, 0) is 50.6 Å². The topological polar surface area (TPSA) is 74.2 Å². The minimum Gasteiger partial charge on any atom is -0.337 e. The Morgan fingerprint density at radius 2 is 1.71 bits per heavy atom. The van der Waals surface area contributed by atoms with Crippen LogP contribution in [0.15, 0.2) is 36.5 Å². The van der Waals surface area contributed by atoms with Crippen LogP contribution in [0.1, 0.15) is 17.0 Å². The Morgan fingerprint density at radius 1 is 1.00 bits per heavy atom. The van der Waals surface area contributed by atoms with Crippen LogP contribution < -0.4 is 10.2 Å². The van der Waals surface area contributed by atoms with Crippen LogP contribution in [-0.4, -0.2) is 52.1 Å². The molecule has 1 aliphatic heterocycles. The molecule has 2 aromatic heterocycles. The van der Waals surface area contributed by atoms with Crippen molar-refractivity contribution in [3.8, 4) is 0 Å². The van der Waals surface area contributed by atoms with Gasteiger partial charge in [-0.15, -0.1) is 0 Å². The highest BCUT2D eigenvalue weighted by Gasteiger charge is 2.23. The molecule has 1 aliphatic rings. The van der Waals surface area contributed by atoms with Crippen molar-refractivity contribution in [1.82, 2.24) is 19.9 Å². The van der Waals surface area contributed by atoms with Gasteiger partial charge in [-0.25, -0.2) is 14.8 Å². The molecular formula is C21H24N6O. The lowest BCUT2D eigenvalue weighted by atomic mass is 10.1. The molecule has 0 unspecified atom stereocenters. The van der Waals surface area contributed by atoms with Gasteiger partial charge in [0.2, 0.25) is 5.95 Å². The van der Waals surface area contributed by atoms with Gasteiger partial charge < -0.3 is 15.1 Å². The predicted octanol–water partition coefficient (Wildman–Crippen LogP) is 3.30. The number of carbonyl (C=O) groups is 1. The van der Waals surface area contributed by atoms with Crippen LogP contribution in [0.3, 0.4) is 0 Å². The van der Waals surface area contributed by atoms with Crippen molar-refractivity contribution in [1.29, 1.82) is 0 Å². The van der Waals surface area contributed by atoms with Gasteiger partial charge >= 0.3 is 6.03 Å². The number of carbonyl (C=O) groups excluding carboxylic acids is 1. The summed E-state index contributed by atoms with van der Waals surface area (Å²) in [6, 6.07) is 9.68. The van der Waals surface area contributed by atoms with E-state index in [1.165, 1.54) is 0 Å². The normalized spacial score (nSPS) is 14.4. The number of anilines is 2. The second-order valence-electron chi connectivity index (χ2n) is 7.18. The summed E-state index contributed by atoms with van der Waals surface area (Å²) in [4.78, 5) is 30.2. The van der Waals surface area contributed by atoms with E-state index in [0.29, 0.717) is 26.2 Å². The Morgan fingerprint density at radius 3 is 2.43 bits per heavy atom. The summed E-state index contributed by atoms with van der Waals surface area (Å²) < 4.78 is 0. The van der Waals surface area contributed by atoms with Gasteiger partial charge in [0, 0.05) is 49.1 Å². The Bertz CT molecular complexity index is 1010. The molecule has 0 bridgehead atoms. The van der Waals surface area contributed by atoms with Crippen LogP contribution in [0, 0.1) is 20.8 Å². The zero-order valence-electron chi connectivity index (χ0n) is 16.4. The van der Waals surface area contributed by atoms with Crippen molar-refractivity contribution < 1.29 is 4.79 Å². The maximum absolute atomic E-state index is 12.8. The number of hydrogen-bond donors (Lipinski definition) is 1. The van der Waals surface area contributed by atoms with Crippen LogP contribution in [0.25, 0.3) is 10.9 Å². The van der Waals surface area contributed by atoms with Gasteiger partial charge in [0.1, 0.15) is 0 Å². The number of piperazine rings is 1. The van der Waals surface area contributed by atoms with Gasteiger partial charge in [-0.1, -0.05) is 6.07 Å². The van der Waals surface area contributed by atoms with Crippen LogP contribution in [0.2, 0.25) is 0 Å². The summed E-state index contributed by atoms with van der Waals surface area (Å²) in [5.74, 6) is 0.744. The van der Waals surface area contributed by atoms with Crippen molar-refractivity contribution in [3.63, 3.8) is 0 Å². The number of benzene rings is 1. The molecule has 1 N–H and O–H groups in total. The Labute approximate surface area is 164 Å². The number of pyridine rings is 1. The predicted molar refractivity (Wildman–Crippen MR) is 111 cm³/mol. The first kappa shape index (κ1) is 18.2. The molecule has 144 valence electrons. The minimum absolute atomic E-state index is 0.0880. The van der Waals surface area contributed by atoms with Crippen molar-refractivity contribution >= 4 is 28.6 Å². The van der Waals surface area contributed by atoms with Gasteiger partial charge in [0.05, 0.1) is 11.2 Å². The first-order chi connectivity index (χ1) is 13.5. The average Bonchev–Trinajstić information content (AvgIpc) is 2.70. The number of nitrogens with one attached hydrogen (secondary N) is 1. The zero-order valence-corrected chi connectivity index (χ0v) is 16.4. The highest BCUT2D eigenvalue weighted by molar-refractivity contribution is 6.01. The molecule has 1 aromatic carbocycles. The highest BCUT2D eigenvalue weighted by atomic mass is 16.2. The number of fused-ring (bicyclic) bond motifs is 1. The lowest BCUT2D eigenvalue weighted by molar-refractivity contribution is 0.208. The summed E-state index contributed by atoms with van der Waals surface area (Å²) >= 11 is 0. The molecule has 0 saturated carbocycles. The molecule has 0 radical (unpaired) electrons. The summed E-state index contributed by atoms with van der Waals surface area (Å²) in [6.45, 7) is 8.66. The van der Waals surface area contributed by atoms with Gasteiger partial charge in [0.15, 0.2) is 0 Å². The summed E-state index contributed by atoms with van der Waals surface area (Å²) in [6.07, 6.45) is 1.77. The first-order valence-corrected chi connectivity index (χ1v) is 9.49. The van der Waals surface area contributed by atoms with E-state index in [4.69, 9.17) is 0 Å². The minimum atomic E-state index is -0.0880. The molecule has 28 heavy (non-hydrogen) atoms. The van der Waals surface area contributed by atoms with E-state index in [2.05, 4.69) is 25.2 Å². The summed E-state index contributed by atoms with van der Waals surface area (Å²) in [5.41, 5.74) is 4.72. The maximum Gasteiger partial charge on any atom is 0.321 e. The van der Waals surface area contributed by atoms with Crippen LogP contribution >= 0.6 is 0 Å². The number of nitrogens with zero attached hydrogens (tertiary/aromatic N) is 5. The number of aryl methyl sites for hydroxylation is 3. The molecular weight excluding hydrogens is 352 g/mol. The van der Waals surface area contributed by atoms with Crippen molar-refractivity contribution in [2.75, 3.05) is 36.4 Å². The standard InChI is InChI=1S/C21H24N6O/c1-14-6-7-18(17-5-4-8-22-19(14)17)25-21(28)27-11-9-26(10-12-27)20-23-15(2)13-16(3)24-20/h4-8,13H,9-12H2,1-3H3,(H,25,28). The molecule has 7 nitrogen and oxygen atoms in total. The lowest BCUT2D eigenvalue weighted by Crippen LogP contribution is -2.50. The molecule has 4 rings (SSSR count). The van der Waals surface area contributed by atoms with E-state index in [0.717, 1.165) is 39.5 Å². The number of amides is 2. The van der Waals surface area contributed by atoms with Crippen molar-refractivity contribution in [2.45, 2.75) is 20.8 Å². The number of rotatable bonds is 2. The van der Waals surface area contributed by atoms with E-state index in [9.17, 15) is 4.79 Å². The fourth-order valence-corrected chi connectivity index (χ4v) is 3.58. The molecule has 2 amide bonds. The van der Waals surface area contributed by atoms with Gasteiger partial charge in [0.25, 0.3) is 0 Å². The number of aromatic nitrogens is 3. The first-order valence-electron chi connectivity index (χ1n) is 9.49. The third-order valence-electron chi connectivity index (χ3n) is 5.03. The third-order valence-corrected chi connectivity index (χ3v) is 5.03. The quantitative estimate of drug-likeness (QED) is 0.743. The Hall–Kier alpha value is -3.22. The lowest BCUT2D eigenvalue weighted by Gasteiger charge is -2.35. The molecule has 0 aliphatic carbocycles. The largest absolute Gasteiger partial charge is 0.337 e. The van der Waals surface area contributed by atoms with E-state index < -0.39 is 0 Å². The molecule has 0 spiro atoms. The maximum atomic E-state index is 12.8. The fourth-order valence-electron chi connectivity index (χ4n) is 3.58. The van der Waals surface area contributed by atoms with E-state index in [1.807, 2.05) is 56.0 Å². The Kier molecular flexibility index (Phi) is 4.81. The van der Waals surface area contributed by atoms with Gasteiger partial charge in [-0.2, -0.15) is 0 Å². The van der Waals surface area contributed by atoms with Crippen LogP contribution in [-0.2, 0) is 0 Å². The number of hydrogen-bond acceptors (Lipinski definition) is 5. The molecule has 3 aromatic rings. The molecule has 7 heteroatoms. The monoisotopic (exact) mass is 376 g/mol.